The lowest BCUT2D eigenvalue weighted by atomic mass is 10.2. The fourth-order valence-electron chi connectivity index (χ4n) is 2.41. The fourth-order valence-corrected chi connectivity index (χ4v) is 2.41. The number of carbonyl (C=O) groups is 1. The highest BCUT2D eigenvalue weighted by molar-refractivity contribution is 6.01. The highest BCUT2D eigenvalue weighted by atomic mass is 16.5. The number of ether oxygens (including phenoxy) is 2. The van der Waals surface area contributed by atoms with E-state index in [9.17, 15) is 4.79 Å². The van der Waals surface area contributed by atoms with Crippen LogP contribution in [0.2, 0.25) is 0 Å². The number of nitrogens with zero attached hydrogens (tertiary/aromatic N) is 3. The van der Waals surface area contributed by atoms with Crippen LogP contribution >= 0.6 is 0 Å². The standard InChI is InChI=1S/C20H22N4O3/c1-14(2)13-27-16-9-7-15(12-17(16)26-3)8-10-19(25)21-20-23-22-18-6-4-5-11-24(18)20/h4-12,14H,13H2,1-3H3,(H,21,23,25)/b10-8+. The van der Waals surface area contributed by atoms with Gasteiger partial charge in [0.05, 0.1) is 13.7 Å². The summed E-state index contributed by atoms with van der Waals surface area (Å²) in [5.41, 5.74) is 1.49. The SMILES string of the molecule is COc1cc(/C=C/C(=O)Nc2nnc3ccccn23)ccc1OCC(C)C. The van der Waals surface area contributed by atoms with E-state index in [2.05, 4.69) is 29.4 Å². The molecular weight excluding hydrogens is 344 g/mol. The van der Waals surface area contributed by atoms with Crippen LogP contribution in [-0.2, 0) is 4.79 Å². The van der Waals surface area contributed by atoms with E-state index in [4.69, 9.17) is 9.47 Å². The molecule has 3 rings (SSSR count). The molecule has 0 radical (unpaired) electrons. The molecule has 1 N–H and O–H groups in total. The maximum absolute atomic E-state index is 12.2. The van der Waals surface area contributed by atoms with Gasteiger partial charge in [0.2, 0.25) is 5.95 Å². The van der Waals surface area contributed by atoms with Gasteiger partial charge in [0.15, 0.2) is 17.1 Å². The number of hydrogen-bond acceptors (Lipinski definition) is 5. The van der Waals surface area contributed by atoms with Gasteiger partial charge in [-0.25, -0.2) is 0 Å². The van der Waals surface area contributed by atoms with E-state index in [0.717, 1.165) is 5.56 Å². The van der Waals surface area contributed by atoms with E-state index in [1.54, 1.807) is 23.8 Å². The minimum absolute atomic E-state index is 0.299. The van der Waals surface area contributed by atoms with Gasteiger partial charge in [-0.3, -0.25) is 14.5 Å². The Morgan fingerprint density at radius 1 is 1.22 bits per heavy atom. The van der Waals surface area contributed by atoms with Crippen molar-refractivity contribution < 1.29 is 14.3 Å². The quantitative estimate of drug-likeness (QED) is 0.648. The maximum Gasteiger partial charge on any atom is 0.250 e. The van der Waals surface area contributed by atoms with Crippen LogP contribution in [0.3, 0.4) is 0 Å². The van der Waals surface area contributed by atoms with Crippen molar-refractivity contribution in [1.82, 2.24) is 14.6 Å². The number of methoxy groups -OCH3 is 1. The van der Waals surface area contributed by atoms with Crippen LogP contribution < -0.4 is 14.8 Å². The Bertz CT molecular complexity index is 963. The van der Waals surface area contributed by atoms with Gasteiger partial charge in [-0.15, -0.1) is 10.2 Å². The second kappa shape index (κ2) is 8.35. The molecule has 2 aromatic heterocycles. The van der Waals surface area contributed by atoms with Gasteiger partial charge < -0.3 is 9.47 Å². The summed E-state index contributed by atoms with van der Waals surface area (Å²) < 4.78 is 12.8. The Balaban J connectivity index is 1.68. The summed E-state index contributed by atoms with van der Waals surface area (Å²) in [5, 5.41) is 10.7. The Kier molecular flexibility index (Phi) is 5.71. The molecule has 140 valence electrons. The number of aromatic nitrogens is 3. The maximum atomic E-state index is 12.2. The molecule has 7 heteroatoms. The molecule has 0 unspecified atom stereocenters. The molecule has 1 amide bonds. The average Bonchev–Trinajstić information content (AvgIpc) is 3.08. The molecule has 0 fully saturated rings. The molecule has 1 aromatic carbocycles. The van der Waals surface area contributed by atoms with Crippen molar-refractivity contribution in [2.45, 2.75) is 13.8 Å². The fraction of sp³-hybridized carbons (Fsp3) is 0.250. The van der Waals surface area contributed by atoms with Gasteiger partial charge in [0.25, 0.3) is 5.91 Å². The molecule has 3 aromatic rings. The first-order valence-corrected chi connectivity index (χ1v) is 8.66. The molecule has 0 aliphatic heterocycles. The van der Waals surface area contributed by atoms with Gasteiger partial charge in [-0.05, 0) is 41.8 Å². The molecule has 0 aliphatic carbocycles. The number of amides is 1. The molecule has 0 atom stereocenters. The van der Waals surface area contributed by atoms with E-state index in [1.807, 2.05) is 36.4 Å². The number of pyridine rings is 1. The number of benzene rings is 1. The number of nitrogens with one attached hydrogen (secondary N) is 1. The second-order valence-electron chi connectivity index (χ2n) is 6.39. The molecule has 0 bridgehead atoms. The smallest absolute Gasteiger partial charge is 0.250 e. The van der Waals surface area contributed by atoms with Crippen LogP contribution in [0.15, 0.2) is 48.7 Å². The average molecular weight is 366 g/mol. The van der Waals surface area contributed by atoms with Crippen molar-refractivity contribution in [1.29, 1.82) is 0 Å². The molecule has 2 heterocycles. The number of hydrogen-bond donors (Lipinski definition) is 1. The molecule has 0 saturated heterocycles. The number of fused-ring (bicyclic) bond motifs is 1. The van der Waals surface area contributed by atoms with Crippen molar-refractivity contribution in [3.8, 4) is 11.5 Å². The first kappa shape index (κ1) is 18.4. The monoisotopic (exact) mass is 366 g/mol. The molecule has 27 heavy (non-hydrogen) atoms. The Labute approximate surface area is 157 Å². The van der Waals surface area contributed by atoms with E-state index >= 15 is 0 Å². The zero-order valence-corrected chi connectivity index (χ0v) is 15.5. The minimum Gasteiger partial charge on any atom is -0.493 e. The first-order chi connectivity index (χ1) is 13.1. The molecule has 0 saturated carbocycles. The number of carbonyl (C=O) groups excluding carboxylic acids is 1. The van der Waals surface area contributed by atoms with Crippen LogP contribution in [0.1, 0.15) is 19.4 Å². The third-order valence-electron chi connectivity index (χ3n) is 3.74. The van der Waals surface area contributed by atoms with E-state index in [-0.39, 0.29) is 5.91 Å². The van der Waals surface area contributed by atoms with Gasteiger partial charge in [-0.1, -0.05) is 26.0 Å². The summed E-state index contributed by atoms with van der Waals surface area (Å²) >= 11 is 0. The van der Waals surface area contributed by atoms with Crippen LogP contribution in [0.5, 0.6) is 11.5 Å². The summed E-state index contributed by atoms with van der Waals surface area (Å²) in [6.07, 6.45) is 4.93. The molecular formula is C20H22N4O3. The lowest BCUT2D eigenvalue weighted by Gasteiger charge is -2.12. The molecule has 0 aliphatic rings. The zero-order valence-electron chi connectivity index (χ0n) is 15.5. The van der Waals surface area contributed by atoms with Crippen LogP contribution in [0.25, 0.3) is 11.7 Å². The Morgan fingerprint density at radius 2 is 2.07 bits per heavy atom. The summed E-state index contributed by atoms with van der Waals surface area (Å²) in [4.78, 5) is 12.2. The highest BCUT2D eigenvalue weighted by Gasteiger charge is 2.08. The Morgan fingerprint density at radius 3 is 2.85 bits per heavy atom. The van der Waals surface area contributed by atoms with Crippen LogP contribution in [-0.4, -0.2) is 34.2 Å². The molecule has 0 spiro atoms. The van der Waals surface area contributed by atoms with E-state index in [0.29, 0.717) is 35.6 Å². The third-order valence-corrected chi connectivity index (χ3v) is 3.74. The van der Waals surface area contributed by atoms with Crippen LogP contribution in [0, 0.1) is 5.92 Å². The van der Waals surface area contributed by atoms with Crippen molar-refractivity contribution >= 4 is 23.6 Å². The highest BCUT2D eigenvalue weighted by Crippen LogP contribution is 2.29. The summed E-state index contributed by atoms with van der Waals surface area (Å²) in [6, 6.07) is 11.0. The number of anilines is 1. The summed E-state index contributed by atoms with van der Waals surface area (Å²) in [6.45, 7) is 4.78. The first-order valence-electron chi connectivity index (χ1n) is 8.66. The van der Waals surface area contributed by atoms with Gasteiger partial charge in [0.1, 0.15) is 0 Å². The largest absolute Gasteiger partial charge is 0.493 e. The normalized spacial score (nSPS) is 11.3. The zero-order chi connectivity index (χ0) is 19.2. The Hall–Kier alpha value is -3.35. The topological polar surface area (TPSA) is 77.8 Å². The summed E-state index contributed by atoms with van der Waals surface area (Å²) in [5.74, 6) is 1.80. The van der Waals surface area contributed by atoms with Gasteiger partial charge in [0, 0.05) is 12.3 Å². The van der Waals surface area contributed by atoms with Crippen LogP contribution in [0.4, 0.5) is 5.95 Å². The van der Waals surface area contributed by atoms with Crippen molar-refractivity contribution in [3.63, 3.8) is 0 Å². The predicted octanol–water partition coefficient (Wildman–Crippen LogP) is 3.42. The predicted molar refractivity (Wildman–Crippen MR) is 104 cm³/mol. The van der Waals surface area contributed by atoms with E-state index < -0.39 is 0 Å². The van der Waals surface area contributed by atoms with Crippen molar-refractivity contribution in [3.05, 3.63) is 54.2 Å². The van der Waals surface area contributed by atoms with Gasteiger partial charge in [-0.2, -0.15) is 0 Å². The lowest BCUT2D eigenvalue weighted by Crippen LogP contribution is -2.10. The van der Waals surface area contributed by atoms with E-state index in [1.165, 1.54) is 6.08 Å². The number of rotatable bonds is 7. The second-order valence-corrected chi connectivity index (χ2v) is 6.39. The minimum atomic E-state index is -0.299. The van der Waals surface area contributed by atoms with Crippen molar-refractivity contribution in [2.75, 3.05) is 19.0 Å². The third kappa shape index (κ3) is 4.63. The lowest BCUT2D eigenvalue weighted by molar-refractivity contribution is -0.111. The van der Waals surface area contributed by atoms with Crippen molar-refractivity contribution in [2.24, 2.45) is 5.92 Å². The molecule has 7 nitrogen and oxygen atoms in total. The van der Waals surface area contributed by atoms with Gasteiger partial charge >= 0.3 is 0 Å². The summed E-state index contributed by atoms with van der Waals surface area (Å²) in [7, 11) is 1.59.